The van der Waals surface area contributed by atoms with Gasteiger partial charge in [0.25, 0.3) is 0 Å². The Morgan fingerprint density at radius 3 is 2.65 bits per heavy atom. The summed E-state index contributed by atoms with van der Waals surface area (Å²) in [5.41, 5.74) is 1.65. The van der Waals surface area contributed by atoms with Gasteiger partial charge in [-0.05, 0) is 64.3 Å². The highest BCUT2D eigenvalue weighted by atomic mass is 16.6. The molecule has 1 amide bonds. The zero-order valence-corrected chi connectivity index (χ0v) is 21.7. The highest BCUT2D eigenvalue weighted by Gasteiger charge is 2.25. The number of carbonyl (C=O) groups is 1. The van der Waals surface area contributed by atoms with E-state index in [9.17, 15) is 4.79 Å². The average Bonchev–Trinajstić information content (AvgIpc) is 2.88. The lowest BCUT2D eigenvalue weighted by Gasteiger charge is -2.29. The normalized spacial score (nSPS) is 19.7. The van der Waals surface area contributed by atoms with Crippen LogP contribution in [0.4, 0.5) is 22.2 Å². The highest BCUT2D eigenvalue weighted by Crippen LogP contribution is 2.26. The molecule has 37 heavy (non-hydrogen) atoms. The number of nitrogens with one attached hydrogen (secondary N) is 2. The lowest BCUT2D eigenvalue weighted by molar-refractivity contribution is 0.0489. The molecule has 1 saturated heterocycles. The van der Waals surface area contributed by atoms with E-state index in [-0.39, 0.29) is 18.1 Å². The van der Waals surface area contributed by atoms with Gasteiger partial charge in [0, 0.05) is 30.7 Å². The van der Waals surface area contributed by atoms with Crippen molar-refractivity contribution in [3.63, 3.8) is 0 Å². The summed E-state index contributed by atoms with van der Waals surface area (Å²) in [6.07, 6.45) is 5.09. The summed E-state index contributed by atoms with van der Waals surface area (Å²) in [5.74, 6) is 8.17. The van der Waals surface area contributed by atoms with E-state index in [0.717, 1.165) is 55.8 Å². The third-order valence-corrected chi connectivity index (χ3v) is 6.16. The largest absolute Gasteiger partial charge is 0.444 e. The van der Waals surface area contributed by atoms with Crippen LogP contribution in [0.15, 0.2) is 30.5 Å². The van der Waals surface area contributed by atoms with Crippen LogP contribution in [0.2, 0.25) is 0 Å². The predicted octanol–water partition coefficient (Wildman–Crippen LogP) is 4.36. The number of hydrogen-bond donors (Lipinski definition) is 2. The topological polar surface area (TPSA) is 112 Å². The number of hydrogen-bond acceptors (Lipinski definition) is 8. The molecule has 1 saturated carbocycles. The molecule has 1 aliphatic carbocycles. The maximum absolute atomic E-state index is 12.2. The Morgan fingerprint density at radius 1 is 1.19 bits per heavy atom. The molecule has 194 valence electrons. The molecular weight excluding hydrogens is 468 g/mol. The summed E-state index contributed by atoms with van der Waals surface area (Å²) in [6.45, 7) is 8.31. The molecule has 4 rings (SSSR count). The van der Waals surface area contributed by atoms with Crippen molar-refractivity contribution in [2.75, 3.05) is 36.5 Å². The number of morpholine rings is 1. The van der Waals surface area contributed by atoms with Crippen LogP contribution in [-0.2, 0) is 9.47 Å². The molecule has 2 atom stereocenters. The summed E-state index contributed by atoms with van der Waals surface area (Å²) in [5, 5.41) is 15.2. The second-order valence-corrected chi connectivity index (χ2v) is 10.3. The van der Waals surface area contributed by atoms with Crippen LogP contribution in [0.25, 0.3) is 0 Å². The molecule has 2 aliphatic rings. The van der Waals surface area contributed by atoms with Crippen molar-refractivity contribution in [3.8, 4) is 17.9 Å². The minimum Gasteiger partial charge on any atom is -0.444 e. The lowest BCUT2D eigenvalue weighted by Crippen LogP contribution is -2.41. The molecular formula is C28H34N6O3. The lowest BCUT2D eigenvalue weighted by atomic mass is 9.86. The molecule has 1 aromatic heterocycles. The van der Waals surface area contributed by atoms with Gasteiger partial charge in [-0.15, -0.1) is 0 Å². The predicted molar refractivity (Wildman–Crippen MR) is 141 cm³/mol. The zero-order valence-electron chi connectivity index (χ0n) is 21.7. The van der Waals surface area contributed by atoms with E-state index in [2.05, 4.69) is 38.4 Å². The van der Waals surface area contributed by atoms with Gasteiger partial charge in [0.1, 0.15) is 11.4 Å². The molecule has 9 heteroatoms. The fourth-order valence-electron chi connectivity index (χ4n) is 4.40. The maximum atomic E-state index is 12.2. The Balaban J connectivity index is 1.48. The summed E-state index contributed by atoms with van der Waals surface area (Å²) in [7, 11) is 0. The first-order valence-electron chi connectivity index (χ1n) is 12.8. The standard InChI is InChI=1S/C28H34N6O3/c1-28(2,3)37-27(35)32-24-6-4-5-20(17-24)7-10-22-19-30-26(31-23-11-8-21(18-29)9-12-23)33-25(22)34-13-15-36-16-14-34/h8-9,11-12,19-20,24H,4-6,13-17H2,1-3H3,(H,32,35)(H,30,31,33)/t20-,24-/m0/s1. The van der Waals surface area contributed by atoms with Gasteiger partial charge in [0.15, 0.2) is 0 Å². The van der Waals surface area contributed by atoms with E-state index in [4.69, 9.17) is 19.7 Å². The van der Waals surface area contributed by atoms with Gasteiger partial charge < -0.3 is 25.0 Å². The third kappa shape index (κ3) is 7.83. The van der Waals surface area contributed by atoms with E-state index in [0.29, 0.717) is 24.7 Å². The number of benzene rings is 1. The number of ether oxygens (including phenoxy) is 2. The van der Waals surface area contributed by atoms with E-state index >= 15 is 0 Å². The van der Waals surface area contributed by atoms with Gasteiger partial charge in [-0.1, -0.05) is 18.3 Å². The SMILES string of the molecule is CC(C)(C)OC(=O)N[C@H]1CCC[C@@H](C#Cc2cnc(Nc3ccc(C#N)cc3)nc2N2CCOCC2)C1. The molecule has 0 spiro atoms. The number of carbonyl (C=O) groups excluding carboxylic acids is 1. The van der Waals surface area contributed by atoms with E-state index in [1.165, 1.54) is 0 Å². The van der Waals surface area contributed by atoms with Crippen molar-refractivity contribution in [1.29, 1.82) is 5.26 Å². The number of alkyl carbamates (subject to hydrolysis) is 1. The Labute approximate surface area is 218 Å². The number of anilines is 3. The monoisotopic (exact) mass is 502 g/mol. The number of rotatable bonds is 4. The molecule has 1 aromatic carbocycles. The molecule has 2 N–H and O–H groups in total. The summed E-state index contributed by atoms with van der Waals surface area (Å²) in [4.78, 5) is 23.7. The summed E-state index contributed by atoms with van der Waals surface area (Å²) in [6, 6.07) is 9.33. The van der Waals surface area contributed by atoms with Crippen LogP contribution in [0.5, 0.6) is 0 Å². The first-order valence-corrected chi connectivity index (χ1v) is 12.8. The fourth-order valence-corrected chi connectivity index (χ4v) is 4.40. The van der Waals surface area contributed by atoms with Gasteiger partial charge in [-0.25, -0.2) is 9.78 Å². The second-order valence-electron chi connectivity index (χ2n) is 10.3. The van der Waals surface area contributed by atoms with Gasteiger partial charge in [-0.2, -0.15) is 10.2 Å². The minimum absolute atomic E-state index is 0.0526. The number of aromatic nitrogens is 2. The van der Waals surface area contributed by atoms with Crippen molar-refractivity contribution in [1.82, 2.24) is 15.3 Å². The van der Waals surface area contributed by atoms with E-state index in [1.54, 1.807) is 18.3 Å². The van der Waals surface area contributed by atoms with Crippen molar-refractivity contribution < 1.29 is 14.3 Å². The van der Waals surface area contributed by atoms with E-state index in [1.807, 2.05) is 32.9 Å². The summed E-state index contributed by atoms with van der Waals surface area (Å²) >= 11 is 0. The van der Waals surface area contributed by atoms with Crippen LogP contribution in [0.1, 0.15) is 57.6 Å². The quantitative estimate of drug-likeness (QED) is 0.593. The Kier molecular flexibility index (Phi) is 8.47. The third-order valence-electron chi connectivity index (χ3n) is 6.16. The molecule has 0 radical (unpaired) electrons. The maximum Gasteiger partial charge on any atom is 0.407 e. The van der Waals surface area contributed by atoms with Crippen LogP contribution >= 0.6 is 0 Å². The zero-order chi connectivity index (χ0) is 26.3. The first-order chi connectivity index (χ1) is 17.8. The molecule has 0 unspecified atom stereocenters. The number of amides is 1. The fraction of sp³-hybridized carbons (Fsp3) is 0.500. The van der Waals surface area contributed by atoms with Crippen LogP contribution in [0.3, 0.4) is 0 Å². The van der Waals surface area contributed by atoms with Gasteiger partial charge >= 0.3 is 6.09 Å². The van der Waals surface area contributed by atoms with Crippen molar-refractivity contribution in [2.24, 2.45) is 5.92 Å². The Hall–Kier alpha value is -3.82. The minimum atomic E-state index is -0.519. The average molecular weight is 503 g/mol. The highest BCUT2D eigenvalue weighted by molar-refractivity contribution is 5.68. The van der Waals surface area contributed by atoms with Gasteiger partial charge in [0.05, 0.1) is 36.6 Å². The van der Waals surface area contributed by atoms with E-state index < -0.39 is 5.60 Å². The number of nitrogens with zero attached hydrogens (tertiary/aromatic N) is 4. The van der Waals surface area contributed by atoms with Gasteiger partial charge in [-0.3, -0.25) is 0 Å². The second kappa shape index (κ2) is 11.9. The molecule has 2 heterocycles. The molecule has 2 aromatic rings. The molecule has 2 fully saturated rings. The van der Waals surface area contributed by atoms with Crippen LogP contribution in [-0.4, -0.2) is 54.0 Å². The first kappa shape index (κ1) is 26.2. The number of nitriles is 1. The smallest absolute Gasteiger partial charge is 0.407 e. The van der Waals surface area contributed by atoms with Gasteiger partial charge in [0.2, 0.25) is 5.95 Å². The van der Waals surface area contributed by atoms with Crippen molar-refractivity contribution in [3.05, 3.63) is 41.6 Å². The van der Waals surface area contributed by atoms with Crippen LogP contribution < -0.4 is 15.5 Å². The Morgan fingerprint density at radius 2 is 1.95 bits per heavy atom. The van der Waals surface area contributed by atoms with Crippen LogP contribution in [0, 0.1) is 29.1 Å². The van der Waals surface area contributed by atoms with Crippen molar-refractivity contribution in [2.45, 2.75) is 58.1 Å². The Bertz CT molecular complexity index is 1180. The summed E-state index contributed by atoms with van der Waals surface area (Å²) < 4.78 is 10.9. The molecule has 9 nitrogen and oxygen atoms in total. The molecule has 0 bridgehead atoms. The van der Waals surface area contributed by atoms with Crippen molar-refractivity contribution >= 4 is 23.5 Å². The molecule has 1 aliphatic heterocycles.